The molecule has 1 atom stereocenters. The normalized spacial score (nSPS) is 17.1. The molecule has 1 saturated heterocycles. The van der Waals surface area contributed by atoms with E-state index in [-0.39, 0.29) is 0 Å². The van der Waals surface area contributed by atoms with Gasteiger partial charge < -0.3 is 19.7 Å². The van der Waals surface area contributed by atoms with E-state index in [9.17, 15) is 0 Å². The Labute approximate surface area is 171 Å². The average Bonchev–Trinajstić information content (AvgIpc) is 3.40. The number of aryl methyl sites for hydroxylation is 1. The van der Waals surface area contributed by atoms with E-state index in [1.165, 1.54) is 10.4 Å². The minimum absolute atomic E-state index is 0.430. The number of likely N-dealkylation sites (tertiary alicyclic amines) is 1. The lowest BCUT2D eigenvalue weighted by Crippen LogP contribution is -2.40. The molecule has 0 aliphatic carbocycles. The first-order valence-electron chi connectivity index (χ1n) is 9.86. The van der Waals surface area contributed by atoms with Crippen molar-refractivity contribution in [2.24, 2.45) is 4.99 Å². The van der Waals surface area contributed by atoms with Crippen LogP contribution in [0.1, 0.15) is 41.6 Å². The smallest absolute Gasteiger partial charge is 0.194 e. The molecule has 2 aromatic rings. The van der Waals surface area contributed by atoms with Gasteiger partial charge in [0.25, 0.3) is 0 Å². The summed E-state index contributed by atoms with van der Waals surface area (Å²) in [7, 11) is 3.38. The van der Waals surface area contributed by atoms with Crippen molar-refractivity contribution in [1.29, 1.82) is 0 Å². The monoisotopic (exact) mass is 402 g/mol. The summed E-state index contributed by atoms with van der Waals surface area (Å²) in [6.07, 6.45) is 4.07. The number of hydrogen-bond acceptors (Lipinski definition) is 5. The van der Waals surface area contributed by atoms with Gasteiger partial charge in [-0.1, -0.05) is 6.92 Å². The molecular formula is C21H30N4O2S. The van der Waals surface area contributed by atoms with E-state index in [1.807, 2.05) is 12.3 Å². The zero-order valence-corrected chi connectivity index (χ0v) is 18.0. The van der Waals surface area contributed by atoms with Crippen molar-refractivity contribution in [3.8, 4) is 11.5 Å². The van der Waals surface area contributed by atoms with E-state index in [4.69, 9.17) is 14.5 Å². The molecule has 1 aromatic heterocycles. The Morgan fingerprint density at radius 1 is 1.25 bits per heavy atom. The predicted octanol–water partition coefficient (Wildman–Crippen LogP) is 3.68. The van der Waals surface area contributed by atoms with E-state index in [0.717, 1.165) is 54.9 Å². The zero-order valence-electron chi connectivity index (χ0n) is 17.2. The van der Waals surface area contributed by atoms with Crippen LogP contribution in [0.4, 0.5) is 0 Å². The van der Waals surface area contributed by atoms with Crippen LogP contribution in [-0.2, 0) is 13.0 Å². The molecule has 1 N–H and O–H groups in total. The Morgan fingerprint density at radius 3 is 2.61 bits per heavy atom. The van der Waals surface area contributed by atoms with Crippen molar-refractivity contribution in [2.75, 3.05) is 33.9 Å². The van der Waals surface area contributed by atoms with Crippen LogP contribution in [0.2, 0.25) is 0 Å². The number of guanidine groups is 1. The molecule has 0 radical (unpaired) electrons. The van der Waals surface area contributed by atoms with Crippen molar-refractivity contribution < 1.29 is 9.47 Å². The van der Waals surface area contributed by atoms with Crippen LogP contribution < -0.4 is 14.8 Å². The van der Waals surface area contributed by atoms with E-state index in [1.54, 1.807) is 25.6 Å². The van der Waals surface area contributed by atoms with Gasteiger partial charge in [0, 0.05) is 42.7 Å². The summed E-state index contributed by atoms with van der Waals surface area (Å²) in [5, 5.41) is 4.51. The molecule has 1 aliphatic rings. The lowest BCUT2D eigenvalue weighted by molar-refractivity contribution is 0.392. The first-order valence-corrected chi connectivity index (χ1v) is 10.7. The Bertz CT molecular complexity index is 783. The molecular weight excluding hydrogens is 372 g/mol. The molecule has 152 valence electrons. The van der Waals surface area contributed by atoms with Crippen molar-refractivity contribution in [3.63, 3.8) is 0 Å². The minimum Gasteiger partial charge on any atom is -0.497 e. The Morgan fingerprint density at radius 2 is 2.00 bits per heavy atom. The van der Waals surface area contributed by atoms with Gasteiger partial charge >= 0.3 is 0 Å². The number of benzene rings is 1. The first kappa shape index (κ1) is 20.5. The van der Waals surface area contributed by atoms with Gasteiger partial charge in [0.2, 0.25) is 0 Å². The van der Waals surface area contributed by atoms with Crippen LogP contribution >= 0.6 is 11.3 Å². The second kappa shape index (κ2) is 9.78. The maximum Gasteiger partial charge on any atom is 0.194 e. The Kier molecular flexibility index (Phi) is 7.14. The molecule has 0 spiro atoms. The molecule has 1 fully saturated rings. The molecule has 6 nitrogen and oxygen atoms in total. The Hall–Kier alpha value is -2.28. The van der Waals surface area contributed by atoms with E-state index in [0.29, 0.717) is 12.5 Å². The van der Waals surface area contributed by atoms with Crippen LogP contribution in [0.25, 0.3) is 0 Å². The molecule has 3 rings (SSSR count). The summed E-state index contributed by atoms with van der Waals surface area (Å²) >= 11 is 1.75. The van der Waals surface area contributed by atoms with E-state index >= 15 is 0 Å². The standard InChI is InChI=1S/C21H30N4O2S/c1-5-19-12-23-20(28-19)13-24-21(22-6-2)25-8-7-15(14-25)16-9-17(26-3)11-18(10-16)27-4/h9-12,15H,5-8,13-14H2,1-4H3,(H,22,24). The van der Waals surface area contributed by atoms with Crippen molar-refractivity contribution in [3.05, 3.63) is 39.8 Å². The number of aromatic nitrogens is 1. The molecule has 7 heteroatoms. The molecule has 0 saturated carbocycles. The van der Waals surface area contributed by atoms with Gasteiger partial charge in [-0.05, 0) is 37.5 Å². The van der Waals surface area contributed by atoms with Gasteiger partial charge in [-0.25, -0.2) is 9.98 Å². The maximum atomic E-state index is 5.43. The highest BCUT2D eigenvalue weighted by Gasteiger charge is 2.27. The fourth-order valence-electron chi connectivity index (χ4n) is 3.44. The van der Waals surface area contributed by atoms with Gasteiger partial charge in [-0.3, -0.25) is 0 Å². The summed E-state index contributed by atoms with van der Waals surface area (Å²) in [5.41, 5.74) is 1.25. The third kappa shape index (κ3) is 4.95. The third-order valence-electron chi connectivity index (χ3n) is 4.98. The number of methoxy groups -OCH3 is 2. The third-order valence-corrected chi connectivity index (χ3v) is 6.11. The van der Waals surface area contributed by atoms with Crippen molar-refractivity contribution in [1.82, 2.24) is 15.2 Å². The summed E-state index contributed by atoms with van der Waals surface area (Å²) in [5.74, 6) is 3.07. The van der Waals surface area contributed by atoms with E-state index in [2.05, 4.69) is 41.2 Å². The highest BCUT2D eigenvalue weighted by Crippen LogP contribution is 2.33. The molecule has 0 bridgehead atoms. The summed E-state index contributed by atoms with van der Waals surface area (Å²) in [6, 6.07) is 6.14. The molecule has 2 heterocycles. The van der Waals surface area contributed by atoms with Gasteiger partial charge in [-0.15, -0.1) is 11.3 Å². The molecule has 1 aromatic carbocycles. The molecule has 28 heavy (non-hydrogen) atoms. The van der Waals surface area contributed by atoms with Gasteiger partial charge in [0.1, 0.15) is 16.5 Å². The Balaban J connectivity index is 1.71. The highest BCUT2D eigenvalue weighted by molar-refractivity contribution is 7.11. The van der Waals surface area contributed by atoms with Crippen molar-refractivity contribution >= 4 is 17.3 Å². The summed E-state index contributed by atoms with van der Waals surface area (Å²) in [4.78, 5) is 13.0. The van der Waals surface area contributed by atoms with Crippen LogP contribution in [0, 0.1) is 0 Å². The average molecular weight is 403 g/mol. The van der Waals surface area contributed by atoms with Crippen molar-refractivity contribution in [2.45, 2.75) is 39.2 Å². The second-order valence-corrected chi connectivity index (χ2v) is 8.02. The first-order chi connectivity index (χ1) is 13.7. The SMILES string of the molecule is CCNC(=NCc1ncc(CC)s1)N1CCC(c2cc(OC)cc(OC)c2)C1. The summed E-state index contributed by atoms with van der Waals surface area (Å²) < 4.78 is 10.9. The maximum absolute atomic E-state index is 5.43. The number of rotatable bonds is 7. The number of ether oxygens (including phenoxy) is 2. The van der Waals surface area contributed by atoms with Crippen LogP contribution in [0.5, 0.6) is 11.5 Å². The fourth-order valence-corrected chi connectivity index (χ4v) is 4.23. The topological polar surface area (TPSA) is 59.0 Å². The fraction of sp³-hybridized carbons (Fsp3) is 0.524. The number of aliphatic imine (C=N–C) groups is 1. The quantitative estimate of drug-likeness (QED) is 0.566. The number of nitrogens with zero attached hydrogens (tertiary/aromatic N) is 3. The molecule has 1 unspecified atom stereocenters. The lowest BCUT2D eigenvalue weighted by Gasteiger charge is -2.22. The largest absolute Gasteiger partial charge is 0.497 e. The predicted molar refractivity (Wildman–Crippen MR) is 115 cm³/mol. The van der Waals surface area contributed by atoms with Crippen LogP contribution in [-0.4, -0.2) is 49.7 Å². The number of nitrogens with one attached hydrogen (secondary N) is 1. The van der Waals surface area contributed by atoms with Crippen LogP contribution in [0.15, 0.2) is 29.4 Å². The zero-order chi connectivity index (χ0) is 19.9. The minimum atomic E-state index is 0.430. The van der Waals surface area contributed by atoms with Gasteiger partial charge in [0.05, 0.1) is 20.8 Å². The molecule has 0 amide bonds. The number of hydrogen-bond donors (Lipinski definition) is 1. The highest BCUT2D eigenvalue weighted by atomic mass is 32.1. The molecule has 1 aliphatic heterocycles. The van der Waals surface area contributed by atoms with Gasteiger partial charge in [0.15, 0.2) is 5.96 Å². The number of thiazole rings is 1. The van der Waals surface area contributed by atoms with Gasteiger partial charge in [-0.2, -0.15) is 0 Å². The summed E-state index contributed by atoms with van der Waals surface area (Å²) in [6.45, 7) is 7.65. The van der Waals surface area contributed by atoms with E-state index < -0.39 is 0 Å². The second-order valence-electron chi connectivity index (χ2n) is 6.82. The lowest BCUT2D eigenvalue weighted by atomic mass is 9.98. The van der Waals surface area contributed by atoms with Crippen LogP contribution in [0.3, 0.4) is 0 Å².